The zero-order valence-corrected chi connectivity index (χ0v) is 9.89. The number of nitrogens with one attached hydrogen (secondary N) is 1. The van der Waals surface area contributed by atoms with Crippen LogP contribution in [0.5, 0.6) is 0 Å². The monoisotopic (exact) mass is 270 g/mol. The van der Waals surface area contributed by atoms with Gasteiger partial charge in [-0.15, -0.1) is 0 Å². The largest absolute Gasteiger partial charge is 0.394 e. The summed E-state index contributed by atoms with van der Waals surface area (Å²) in [7, 11) is 0. The minimum Gasteiger partial charge on any atom is -0.394 e. The zero-order valence-electron chi connectivity index (χ0n) is 9.89. The van der Waals surface area contributed by atoms with Crippen molar-refractivity contribution < 1.29 is 20.1 Å². The Labute approximate surface area is 107 Å². The summed E-state index contributed by atoms with van der Waals surface area (Å²) in [6, 6.07) is 0. The highest BCUT2D eigenvalue weighted by Gasteiger charge is 2.43. The number of rotatable bonds is 3. The lowest BCUT2D eigenvalue weighted by molar-refractivity contribution is -0.0550. The molecule has 0 aliphatic carbocycles. The Bertz CT molecular complexity index is 592. The van der Waals surface area contributed by atoms with Gasteiger partial charge in [0.1, 0.15) is 18.3 Å². The van der Waals surface area contributed by atoms with Crippen LogP contribution in [0.25, 0.3) is 6.08 Å². The molecule has 4 N–H and O–H groups in total. The minimum absolute atomic E-state index is 0.123. The summed E-state index contributed by atoms with van der Waals surface area (Å²) >= 11 is 0. The molecule has 8 nitrogen and oxygen atoms in total. The van der Waals surface area contributed by atoms with Crippen LogP contribution in [0.2, 0.25) is 0 Å². The van der Waals surface area contributed by atoms with Crippen LogP contribution in [0.3, 0.4) is 0 Å². The van der Waals surface area contributed by atoms with Gasteiger partial charge in [0.15, 0.2) is 6.23 Å². The first-order valence-electron chi connectivity index (χ1n) is 5.60. The van der Waals surface area contributed by atoms with Gasteiger partial charge in [-0.1, -0.05) is 12.7 Å². The van der Waals surface area contributed by atoms with Crippen LogP contribution in [0, 0.1) is 0 Å². The highest BCUT2D eigenvalue weighted by molar-refractivity contribution is 5.43. The Hall–Kier alpha value is -1.74. The number of aliphatic hydroxyl groups excluding tert-OH is 3. The molecule has 1 aliphatic heterocycles. The molecule has 1 aromatic heterocycles. The van der Waals surface area contributed by atoms with Crippen LogP contribution < -0.4 is 11.2 Å². The highest BCUT2D eigenvalue weighted by atomic mass is 16.6. The molecule has 19 heavy (non-hydrogen) atoms. The van der Waals surface area contributed by atoms with E-state index in [1.165, 1.54) is 12.3 Å². The maximum Gasteiger partial charge on any atom is 0.330 e. The third-order valence-corrected chi connectivity index (χ3v) is 3.01. The van der Waals surface area contributed by atoms with Crippen molar-refractivity contribution in [2.75, 3.05) is 6.61 Å². The number of nitrogens with zero attached hydrogens (tertiary/aromatic N) is 1. The molecule has 104 valence electrons. The van der Waals surface area contributed by atoms with Crippen molar-refractivity contribution in [3.05, 3.63) is 39.2 Å². The molecule has 1 aliphatic rings. The number of aromatic amines is 1. The van der Waals surface area contributed by atoms with E-state index in [1.807, 2.05) is 4.98 Å². The van der Waals surface area contributed by atoms with Crippen molar-refractivity contribution in [3.8, 4) is 0 Å². The molecule has 1 unspecified atom stereocenters. The van der Waals surface area contributed by atoms with Crippen LogP contribution in [-0.2, 0) is 4.74 Å². The molecule has 1 saturated heterocycles. The Morgan fingerprint density at radius 2 is 2.11 bits per heavy atom. The molecular weight excluding hydrogens is 256 g/mol. The molecule has 1 aromatic rings. The zero-order chi connectivity index (χ0) is 14.2. The summed E-state index contributed by atoms with van der Waals surface area (Å²) in [5.41, 5.74) is -1.27. The SMILES string of the molecule is C=Cc1cn([C@@H]2O[C@H](CO)C(O)[C@@H]2O)c(=O)[nH]c1=O. The predicted molar refractivity (Wildman–Crippen MR) is 64.4 cm³/mol. The Morgan fingerprint density at radius 3 is 2.63 bits per heavy atom. The van der Waals surface area contributed by atoms with Crippen LogP contribution in [0.1, 0.15) is 11.8 Å². The molecule has 0 spiro atoms. The molecule has 1 fully saturated rings. The van der Waals surface area contributed by atoms with Crippen LogP contribution in [0.4, 0.5) is 0 Å². The van der Waals surface area contributed by atoms with Gasteiger partial charge in [0.05, 0.1) is 12.2 Å². The summed E-state index contributed by atoms with van der Waals surface area (Å²) in [5, 5.41) is 28.4. The van der Waals surface area contributed by atoms with Gasteiger partial charge in [0, 0.05) is 6.20 Å². The first-order chi connectivity index (χ1) is 8.99. The predicted octanol–water partition coefficient (Wildman–Crippen LogP) is -2.21. The highest BCUT2D eigenvalue weighted by Crippen LogP contribution is 2.27. The number of hydrogen-bond acceptors (Lipinski definition) is 6. The van der Waals surface area contributed by atoms with E-state index in [1.54, 1.807) is 0 Å². The van der Waals surface area contributed by atoms with Crippen molar-refractivity contribution in [1.82, 2.24) is 9.55 Å². The van der Waals surface area contributed by atoms with Crippen molar-refractivity contribution >= 4 is 6.08 Å². The summed E-state index contributed by atoms with van der Waals surface area (Å²) in [5.74, 6) is 0. The van der Waals surface area contributed by atoms with E-state index in [0.29, 0.717) is 0 Å². The fourth-order valence-electron chi connectivity index (χ4n) is 1.95. The smallest absolute Gasteiger partial charge is 0.330 e. The molecule has 0 amide bonds. The van der Waals surface area contributed by atoms with Crippen LogP contribution >= 0.6 is 0 Å². The summed E-state index contributed by atoms with van der Waals surface area (Å²) < 4.78 is 6.14. The topological polar surface area (TPSA) is 125 Å². The van der Waals surface area contributed by atoms with Crippen LogP contribution in [0.15, 0.2) is 22.4 Å². The van der Waals surface area contributed by atoms with Gasteiger partial charge in [0.2, 0.25) is 0 Å². The van der Waals surface area contributed by atoms with E-state index in [4.69, 9.17) is 9.84 Å². The number of aliphatic hydroxyl groups is 3. The van der Waals surface area contributed by atoms with E-state index < -0.39 is 42.4 Å². The van der Waals surface area contributed by atoms with E-state index in [-0.39, 0.29) is 5.56 Å². The summed E-state index contributed by atoms with van der Waals surface area (Å²) in [4.78, 5) is 25.1. The first kappa shape index (κ1) is 13.7. The van der Waals surface area contributed by atoms with E-state index >= 15 is 0 Å². The normalized spacial score (nSPS) is 30.5. The van der Waals surface area contributed by atoms with Gasteiger partial charge >= 0.3 is 5.69 Å². The Kier molecular flexibility index (Phi) is 3.67. The number of aromatic nitrogens is 2. The van der Waals surface area contributed by atoms with Gasteiger partial charge in [0.25, 0.3) is 5.56 Å². The van der Waals surface area contributed by atoms with Crippen LogP contribution in [-0.4, -0.2) is 49.8 Å². The van der Waals surface area contributed by atoms with Gasteiger partial charge in [-0.05, 0) is 0 Å². The molecule has 0 saturated carbocycles. The van der Waals surface area contributed by atoms with Crippen molar-refractivity contribution in [1.29, 1.82) is 0 Å². The molecule has 4 atom stereocenters. The average molecular weight is 270 g/mol. The quantitative estimate of drug-likeness (QED) is 0.493. The third-order valence-electron chi connectivity index (χ3n) is 3.01. The lowest BCUT2D eigenvalue weighted by atomic mass is 10.1. The second-order valence-corrected chi connectivity index (χ2v) is 4.18. The third kappa shape index (κ3) is 2.26. The van der Waals surface area contributed by atoms with E-state index in [2.05, 4.69) is 6.58 Å². The summed E-state index contributed by atoms with van der Waals surface area (Å²) in [6.07, 6.45) is -2.47. The van der Waals surface area contributed by atoms with E-state index in [9.17, 15) is 19.8 Å². The summed E-state index contributed by atoms with van der Waals surface area (Å²) in [6.45, 7) is 2.93. The molecule has 2 heterocycles. The molecule has 0 radical (unpaired) electrons. The maximum absolute atomic E-state index is 11.7. The lowest BCUT2D eigenvalue weighted by Gasteiger charge is -2.17. The van der Waals surface area contributed by atoms with E-state index in [0.717, 1.165) is 4.57 Å². The van der Waals surface area contributed by atoms with Crippen molar-refractivity contribution in [2.24, 2.45) is 0 Å². The van der Waals surface area contributed by atoms with Gasteiger partial charge in [-0.25, -0.2) is 4.79 Å². The minimum atomic E-state index is -1.39. The maximum atomic E-state index is 11.7. The molecule has 2 rings (SSSR count). The average Bonchev–Trinajstić information content (AvgIpc) is 2.67. The number of H-pyrrole nitrogens is 1. The van der Waals surface area contributed by atoms with Gasteiger partial charge in [-0.3, -0.25) is 14.3 Å². The second-order valence-electron chi connectivity index (χ2n) is 4.18. The van der Waals surface area contributed by atoms with Crippen molar-refractivity contribution in [3.63, 3.8) is 0 Å². The fraction of sp³-hybridized carbons (Fsp3) is 0.455. The standard InChI is InChI=1S/C11H14N2O6/c1-2-5-3-13(11(18)12-9(5)17)10-8(16)7(15)6(4-14)19-10/h2-3,6-8,10,14-16H,1,4H2,(H,12,17,18)/t6-,7?,8+,10-/m1/s1. The van der Waals surface area contributed by atoms with Gasteiger partial charge < -0.3 is 20.1 Å². The number of ether oxygens (including phenoxy) is 1. The Morgan fingerprint density at radius 1 is 1.42 bits per heavy atom. The Balaban J connectivity index is 2.46. The first-order valence-corrected chi connectivity index (χ1v) is 5.60. The molecular formula is C11H14N2O6. The molecule has 0 bridgehead atoms. The fourth-order valence-corrected chi connectivity index (χ4v) is 1.95. The second kappa shape index (κ2) is 5.10. The lowest BCUT2D eigenvalue weighted by Crippen LogP contribution is -2.38. The van der Waals surface area contributed by atoms with Gasteiger partial charge in [-0.2, -0.15) is 0 Å². The molecule has 8 heteroatoms. The van der Waals surface area contributed by atoms with Crippen molar-refractivity contribution in [2.45, 2.75) is 24.5 Å². The molecule has 0 aromatic carbocycles. The number of hydrogen-bond donors (Lipinski definition) is 4.